The quantitative estimate of drug-likeness (QED) is 0.330. The number of aliphatic hydroxyl groups excluding tert-OH is 2. The Hall–Kier alpha value is -3.77. The molecule has 0 bridgehead atoms. The Kier molecular flexibility index (Phi) is 6.38. The number of aliphatic carboxylic acids is 1. The highest BCUT2D eigenvalue weighted by molar-refractivity contribution is 5.94. The lowest BCUT2D eigenvalue weighted by Gasteiger charge is -2.38. The number of nitrogens with zero attached hydrogens (tertiary/aromatic N) is 4. The average Bonchev–Trinajstić information content (AvgIpc) is 3.25. The minimum absolute atomic E-state index is 0.318. The van der Waals surface area contributed by atoms with Gasteiger partial charge in [-0.2, -0.15) is 0 Å². The molecule has 2 heterocycles. The molecule has 0 unspecified atom stereocenters. The van der Waals surface area contributed by atoms with E-state index < -0.39 is 42.8 Å². The highest BCUT2D eigenvalue weighted by atomic mass is 16.5. The van der Waals surface area contributed by atoms with E-state index >= 15 is 0 Å². The monoisotopic (exact) mass is 456 g/mol. The van der Waals surface area contributed by atoms with E-state index in [1.165, 1.54) is 30.6 Å². The van der Waals surface area contributed by atoms with Crippen molar-refractivity contribution in [1.82, 2.24) is 24.8 Å². The van der Waals surface area contributed by atoms with Crippen molar-refractivity contribution in [1.29, 1.82) is 0 Å². The van der Waals surface area contributed by atoms with Crippen LogP contribution in [0.25, 0.3) is 11.2 Å². The van der Waals surface area contributed by atoms with E-state index in [1.54, 1.807) is 17.9 Å². The smallest absolute Gasteiger partial charge is 0.341 e. The van der Waals surface area contributed by atoms with Gasteiger partial charge in [0, 0.05) is 12.6 Å². The van der Waals surface area contributed by atoms with Gasteiger partial charge in [-0.15, -0.1) is 0 Å². The maximum Gasteiger partial charge on any atom is 0.341 e. The second-order valence-electron chi connectivity index (χ2n) is 7.71. The number of fused-ring (bicyclic) bond motifs is 1. The summed E-state index contributed by atoms with van der Waals surface area (Å²) in [7, 11) is 1.73. The predicted octanol–water partition coefficient (Wildman–Crippen LogP) is 0.187. The number of benzene rings is 1. The Labute approximate surface area is 188 Å². The van der Waals surface area contributed by atoms with E-state index in [1.807, 2.05) is 0 Å². The molecule has 5 N–H and O–H groups in total. The lowest BCUT2D eigenvalue weighted by Crippen LogP contribution is -2.54. The van der Waals surface area contributed by atoms with Crippen LogP contribution in [0.3, 0.4) is 0 Å². The van der Waals surface area contributed by atoms with E-state index in [9.17, 15) is 19.8 Å². The molecule has 174 valence electrons. The lowest BCUT2D eigenvalue weighted by atomic mass is 9.85. The number of anilines is 1. The fourth-order valence-corrected chi connectivity index (χ4v) is 4.00. The molecule has 1 saturated carbocycles. The number of imidazole rings is 1. The SMILES string of the molecule is CNc1ncnc2c1ncn2[C@@H]1CC[C@@H](NC(=O)c2ccc(OCC(=O)O)cc2)[C@@H](O)[C@@H]1O. The van der Waals surface area contributed by atoms with Gasteiger partial charge >= 0.3 is 5.97 Å². The molecule has 2 aromatic heterocycles. The topological polar surface area (TPSA) is 172 Å². The van der Waals surface area contributed by atoms with Crippen molar-refractivity contribution in [2.45, 2.75) is 37.1 Å². The Balaban J connectivity index is 1.42. The summed E-state index contributed by atoms with van der Waals surface area (Å²) in [5, 5.41) is 35.9. The van der Waals surface area contributed by atoms with Crippen LogP contribution in [-0.4, -0.2) is 78.6 Å². The molecule has 1 fully saturated rings. The van der Waals surface area contributed by atoms with Crippen molar-refractivity contribution in [2.75, 3.05) is 19.0 Å². The largest absolute Gasteiger partial charge is 0.482 e. The van der Waals surface area contributed by atoms with Crippen molar-refractivity contribution in [3.63, 3.8) is 0 Å². The van der Waals surface area contributed by atoms with Gasteiger partial charge in [-0.25, -0.2) is 19.7 Å². The summed E-state index contributed by atoms with van der Waals surface area (Å²) in [4.78, 5) is 35.9. The van der Waals surface area contributed by atoms with E-state index in [4.69, 9.17) is 9.84 Å². The number of carbonyl (C=O) groups is 2. The maximum absolute atomic E-state index is 12.6. The Morgan fingerprint density at radius 3 is 2.58 bits per heavy atom. The number of hydrogen-bond donors (Lipinski definition) is 5. The van der Waals surface area contributed by atoms with Gasteiger partial charge < -0.3 is 35.3 Å². The summed E-state index contributed by atoms with van der Waals surface area (Å²) in [6.45, 7) is -0.479. The zero-order valence-electron chi connectivity index (χ0n) is 17.8. The van der Waals surface area contributed by atoms with Gasteiger partial charge in [-0.3, -0.25) is 4.79 Å². The summed E-state index contributed by atoms with van der Waals surface area (Å²) in [5.41, 5.74) is 1.42. The summed E-state index contributed by atoms with van der Waals surface area (Å²) in [6.07, 6.45) is 1.52. The average molecular weight is 456 g/mol. The molecule has 0 radical (unpaired) electrons. The van der Waals surface area contributed by atoms with Gasteiger partial charge in [-0.1, -0.05) is 0 Å². The van der Waals surface area contributed by atoms with Gasteiger partial charge in [0.25, 0.3) is 5.91 Å². The Morgan fingerprint density at radius 1 is 1.12 bits per heavy atom. The molecule has 0 saturated heterocycles. The van der Waals surface area contributed by atoms with Gasteiger partial charge in [0.05, 0.1) is 18.4 Å². The second-order valence-corrected chi connectivity index (χ2v) is 7.71. The molecule has 4 atom stereocenters. The normalized spacial score (nSPS) is 22.6. The number of nitrogens with one attached hydrogen (secondary N) is 2. The number of ether oxygens (including phenoxy) is 1. The number of carboxylic acid groups (broad SMARTS) is 1. The molecule has 0 aliphatic heterocycles. The maximum atomic E-state index is 12.6. The van der Waals surface area contributed by atoms with Crippen LogP contribution in [0.15, 0.2) is 36.9 Å². The summed E-state index contributed by atoms with van der Waals surface area (Å²) in [5.74, 6) is -0.635. The fourth-order valence-electron chi connectivity index (χ4n) is 4.00. The number of aromatic nitrogens is 4. The molecule has 12 nitrogen and oxygen atoms in total. The van der Waals surface area contributed by atoms with Gasteiger partial charge in [-0.05, 0) is 37.1 Å². The lowest BCUT2D eigenvalue weighted by molar-refractivity contribution is -0.139. The zero-order chi connectivity index (χ0) is 23.5. The molecule has 0 spiro atoms. The molecule has 4 rings (SSSR count). The number of hydrogen-bond acceptors (Lipinski definition) is 9. The molecule has 3 aromatic rings. The van der Waals surface area contributed by atoms with E-state index in [0.29, 0.717) is 41.1 Å². The third kappa shape index (κ3) is 4.56. The number of rotatable bonds is 7. The van der Waals surface area contributed by atoms with Crippen LogP contribution < -0.4 is 15.4 Å². The van der Waals surface area contributed by atoms with Gasteiger partial charge in [0.15, 0.2) is 18.1 Å². The minimum atomic E-state index is -1.20. The third-order valence-corrected chi connectivity index (χ3v) is 5.68. The zero-order valence-corrected chi connectivity index (χ0v) is 17.8. The first-order chi connectivity index (χ1) is 15.9. The molecule has 33 heavy (non-hydrogen) atoms. The molecular weight excluding hydrogens is 432 g/mol. The van der Waals surface area contributed by atoms with Crippen LogP contribution in [0.1, 0.15) is 29.2 Å². The van der Waals surface area contributed by atoms with Crippen LogP contribution in [0.4, 0.5) is 5.82 Å². The number of carbonyl (C=O) groups excluding carboxylic acids is 1. The van der Waals surface area contributed by atoms with Crippen molar-refractivity contribution in [3.05, 3.63) is 42.5 Å². The molecule has 1 aliphatic carbocycles. The summed E-state index contributed by atoms with van der Waals surface area (Å²) < 4.78 is 6.77. The molecule has 12 heteroatoms. The first-order valence-corrected chi connectivity index (χ1v) is 10.4. The highest BCUT2D eigenvalue weighted by Crippen LogP contribution is 2.32. The summed E-state index contributed by atoms with van der Waals surface area (Å²) in [6, 6.07) is 4.86. The van der Waals surface area contributed by atoms with E-state index in [2.05, 4.69) is 25.6 Å². The van der Waals surface area contributed by atoms with E-state index in [-0.39, 0.29) is 0 Å². The molecule has 1 aromatic carbocycles. The van der Waals surface area contributed by atoms with Gasteiger partial charge in [0.2, 0.25) is 0 Å². The molecule has 1 amide bonds. The Bertz CT molecular complexity index is 1150. The van der Waals surface area contributed by atoms with Crippen LogP contribution in [0, 0.1) is 0 Å². The fraction of sp³-hybridized carbons (Fsp3) is 0.381. The third-order valence-electron chi connectivity index (χ3n) is 5.68. The summed E-state index contributed by atoms with van der Waals surface area (Å²) >= 11 is 0. The first kappa shape index (κ1) is 22.4. The molecule has 1 aliphatic rings. The van der Waals surface area contributed by atoms with Crippen molar-refractivity contribution in [3.8, 4) is 5.75 Å². The number of carboxylic acids is 1. The number of aliphatic hydroxyl groups is 2. The van der Waals surface area contributed by atoms with Crippen LogP contribution >= 0.6 is 0 Å². The van der Waals surface area contributed by atoms with E-state index in [0.717, 1.165) is 0 Å². The van der Waals surface area contributed by atoms with Crippen LogP contribution in [-0.2, 0) is 4.79 Å². The van der Waals surface area contributed by atoms with Gasteiger partial charge in [0.1, 0.15) is 29.8 Å². The van der Waals surface area contributed by atoms with Crippen molar-refractivity contribution < 1.29 is 29.6 Å². The Morgan fingerprint density at radius 2 is 1.88 bits per heavy atom. The molecular formula is C21H24N6O6. The van der Waals surface area contributed by atoms with Crippen molar-refractivity contribution in [2.24, 2.45) is 0 Å². The van der Waals surface area contributed by atoms with Crippen molar-refractivity contribution >= 4 is 28.9 Å². The van der Waals surface area contributed by atoms with Crippen LogP contribution in [0.5, 0.6) is 5.75 Å². The predicted molar refractivity (Wildman–Crippen MR) is 116 cm³/mol. The van der Waals surface area contributed by atoms with Crippen LogP contribution in [0.2, 0.25) is 0 Å². The highest BCUT2D eigenvalue weighted by Gasteiger charge is 2.39. The standard InChI is InChI=1S/C21H24N6O6/c1-22-19-16-20(24-9-23-19)27(10-25-16)14-7-6-13(17(30)18(14)31)26-21(32)11-2-4-12(5-3-11)33-8-15(28)29/h2-5,9-10,13-14,17-18,30-31H,6-8H2,1H3,(H,26,32)(H,28,29)(H,22,23,24)/t13-,14-,17-,18-/m1/s1. The first-order valence-electron chi connectivity index (χ1n) is 10.4. The number of amides is 1. The minimum Gasteiger partial charge on any atom is -0.482 e. The second kappa shape index (κ2) is 9.38.